The monoisotopic (exact) mass is 211 g/mol. The second kappa shape index (κ2) is 4.08. The molecule has 1 nitrogen and oxygen atoms in total. The molecule has 0 aromatic carbocycles. The molecule has 1 heteroatoms. The smallest absolute Gasteiger partial charge is 0.0115 e. The average molecular weight is 211 g/mol. The fourth-order valence-corrected chi connectivity index (χ4v) is 3.56. The number of rotatable bonds is 0. The molecule has 1 rings (SSSR count). The molecule has 0 aliphatic carbocycles. The zero-order valence-electron chi connectivity index (χ0n) is 11.7. The van der Waals surface area contributed by atoms with Crippen molar-refractivity contribution in [1.82, 2.24) is 4.90 Å². The molecule has 0 saturated carbocycles. The fraction of sp³-hybridized carbons (Fsp3) is 1.00. The van der Waals surface area contributed by atoms with Crippen molar-refractivity contribution in [3.63, 3.8) is 0 Å². The van der Waals surface area contributed by atoms with Gasteiger partial charge in [-0.2, -0.15) is 0 Å². The van der Waals surface area contributed by atoms with Gasteiger partial charge in [0.1, 0.15) is 0 Å². The predicted molar refractivity (Wildman–Crippen MR) is 68.1 cm³/mol. The van der Waals surface area contributed by atoms with Gasteiger partial charge in [0, 0.05) is 12.6 Å². The van der Waals surface area contributed by atoms with Crippen molar-refractivity contribution >= 4 is 0 Å². The van der Waals surface area contributed by atoms with Gasteiger partial charge in [0.05, 0.1) is 0 Å². The Balaban J connectivity index is 2.85. The average Bonchev–Trinajstić information content (AvgIpc) is 1.97. The van der Waals surface area contributed by atoms with Gasteiger partial charge in [-0.25, -0.2) is 0 Å². The topological polar surface area (TPSA) is 3.24 Å². The lowest BCUT2D eigenvalue weighted by Crippen LogP contribution is -2.48. The van der Waals surface area contributed by atoms with Crippen LogP contribution in [0.3, 0.4) is 0 Å². The van der Waals surface area contributed by atoms with Crippen molar-refractivity contribution in [3.05, 3.63) is 0 Å². The summed E-state index contributed by atoms with van der Waals surface area (Å²) in [5.74, 6) is 0.853. The molecule has 0 aromatic heterocycles. The van der Waals surface area contributed by atoms with Crippen molar-refractivity contribution in [2.75, 3.05) is 13.6 Å². The minimum absolute atomic E-state index is 0.449. The lowest BCUT2D eigenvalue weighted by molar-refractivity contribution is 0.0321. The highest BCUT2D eigenvalue weighted by Gasteiger charge is 2.36. The van der Waals surface area contributed by atoms with Gasteiger partial charge in [0.15, 0.2) is 0 Å². The molecule has 15 heavy (non-hydrogen) atoms. The first kappa shape index (κ1) is 13.0. The summed E-state index contributed by atoms with van der Waals surface area (Å²) < 4.78 is 0. The lowest BCUT2D eigenvalue weighted by atomic mass is 9.70. The Morgan fingerprint density at radius 2 is 1.53 bits per heavy atom. The van der Waals surface area contributed by atoms with Gasteiger partial charge in [-0.1, -0.05) is 34.6 Å². The van der Waals surface area contributed by atoms with E-state index in [9.17, 15) is 0 Å². The summed E-state index contributed by atoms with van der Waals surface area (Å²) in [4.78, 5) is 2.55. The Kier molecular flexibility index (Phi) is 3.55. The summed E-state index contributed by atoms with van der Waals surface area (Å²) >= 11 is 0. The van der Waals surface area contributed by atoms with E-state index in [1.165, 1.54) is 19.4 Å². The van der Waals surface area contributed by atoms with Gasteiger partial charge in [-0.3, -0.25) is 0 Å². The Morgan fingerprint density at radius 1 is 1.00 bits per heavy atom. The van der Waals surface area contributed by atoms with Gasteiger partial charge >= 0.3 is 0 Å². The van der Waals surface area contributed by atoms with E-state index in [0.29, 0.717) is 16.9 Å². The SMILES string of the molecule is CC1CC(C)(C)CN(C)C(C)C(C)(C)C1. The minimum Gasteiger partial charge on any atom is -0.303 e. The second-order valence-electron chi connectivity index (χ2n) is 7.26. The van der Waals surface area contributed by atoms with E-state index in [4.69, 9.17) is 0 Å². The molecule has 0 amide bonds. The van der Waals surface area contributed by atoms with Crippen LogP contribution in [0.4, 0.5) is 0 Å². The first-order valence-electron chi connectivity index (χ1n) is 6.34. The molecule has 0 bridgehead atoms. The first-order valence-corrected chi connectivity index (χ1v) is 6.34. The molecular formula is C14H29N. The summed E-state index contributed by atoms with van der Waals surface area (Å²) in [5, 5.41) is 0. The standard InChI is InChI=1S/C14H29N/c1-11-8-13(3,4)10-15(7)12(2)14(5,6)9-11/h11-12H,8-10H2,1-7H3. The van der Waals surface area contributed by atoms with Crippen LogP contribution in [0.15, 0.2) is 0 Å². The maximum absolute atomic E-state index is 2.55. The molecule has 1 heterocycles. The molecule has 2 atom stereocenters. The van der Waals surface area contributed by atoms with Gasteiger partial charge in [-0.05, 0) is 43.6 Å². The zero-order chi connectivity index (χ0) is 11.9. The fourth-order valence-electron chi connectivity index (χ4n) is 3.56. The predicted octanol–water partition coefficient (Wildman–Crippen LogP) is 3.79. The Bertz CT molecular complexity index is 217. The van der Waals surface area contributed by atoms with Crippen LogP contribution in [0.5, 0.6) is 0 Å². The van der Waals surface area contributed by atoms with Gasteiger partial charge in [0.25, 0.3) is 0 Å². The third-order valence-corrected chi connectivity index (χ3v) is 4.25. The van der Waals surface area contributed by atoms with Crippen LogP contribution in [0, 0.1) is 16.7 Å². The molecule has 0 aromatic rings. The van der Waals surface area contributed by atoms with E-state index < -0.39 is 0 Å². The van der Waals surface area contributed by atoms with E-state index in [2.05, 4.69) is 53.5 Å². The van der Waals surface area contributed by atoms with Gasteiger partial charge < -0.3 is 4.90 Å². The van der Waals surface area contributed by atoms with Crippen LogP contribution >= 0.6 is 0 Å². The van der Waals surface area contributed by atoms with E-state index in [1.807, 2.05) is 0 Å². The van der Waals surface area contributed by atoms with E-state index in [1.54, 1.807) is 0 Å². The van der Waals surface area contributed by atoms with E-state index >= 15 is 0 Å². The van der Waals surface area contributed by atoms with Crippen LogP contribution in [-0.4, -0.2) is 24.5 Å². The van der Waals surface area contributed by atoms with Crippen LogP contribution in [0.2, 0.25) is 0 Å². The minimum atomic E-state index is 0.449. The number of nitrogens with zero attached hydrogens (tertiary/aromatic N) is 1. The quantitative estimate of drug-likeness (QED) is 0.589. The highest BCUT2D eigenvalue weighted by molar-refractivity contribution is 4.89. The Labute approximate surface area is 96.2 Å². The number of likely N-dealkylation sites (tertiary alicyclic amines) is 1. The normalized spacial score (nSPS) is 37.0. The molecule has 2 unspecified atom stereocenters. The van der Waals surface area contributed by atoms with Crippen LogP contribution in [-0.2, 0) is 0 Å². The van der Waals surface area contributed by atoms with E-state index in [-0.39, 0.29) is 0 Å². The molecule has 1 aliphatic rings. The Morgan fingerprint density at radius 3 is 2.07 bits per heavy atom. The summed E-state index contributed by atoms with van der Waals surface area (Å²) in [6.45, 7) is 15.7. The Hall–Kier alpha value is -0.0400. The van der Waals surface area contributed by atoms with Gasteiger partial charge in [-0.15, -0.1) is 0 Å². The highest BCUT2D eigenvalue weighted by atomic mass is 15.1. The molecule has 1 fully saturated rings. The summed E-state index contributed by atoms with van der Waals surface area (Å²) in [5.41, 5.74) is 0.920. The van der Waals surface area contributed by atoms with Crippen molar-refractivity contribution in [2.45, 2.75) is 60.4 Å². The highest BCUT2D eigenvalue weighted by Crippen LogP contribution is 2.40. The molecule has 90 valence electrons. The second-order valence-corrected chi connectivity index (χ2v) is 7.26. The molecule has 1 aliphatic heterocycles. The maximum Gasteiger partial charge on any atom is 0.0115 e. The summed E-state index contributed by atoms with van der Waals surface area (Å²) in [6, 6.07) is 0.680. The number of hydrogen-bond acceptors (Lipinski definition) is 1. The zero-order valence-corrected chi connectivity index (χ0v) is 11.7. The first-order chi connectivity index (χ1) is 6.64. The third-order valence-electron chi connectivity index (χ3n) is 4.25. The van der Waals surface area contributed by atoms with Crippen molar-refractivity contribution in [1.29, 1.82) is 0 Å². The molecule has 0 spiro atoms. The summed E-state index contributed by atoms with van der Waals surface area (Å²) in [7, 11) is 2.28. The van der Waals surface area contributed by atoms with Crippen LogP contribution in [0.1, 0.15) is 54.4 Å². The molecule has 0 N–H and O–H groups in total. The van der Waals surface area contributed by atoms with Crippen molar-refractivity contribution in [3.8, 4) is 0 Å². The number of hydrogen-bond donors (Lipinski definition) is 0. The van der Waals surface area contributed by atoms with E-state index in [0.717, 1.165) is 5.92 Å². The maximum atomic E-state index is 2.55. The molecular weight excluding hydrogens is 182 g/mol. The van der Waals surface area contributed by atoms with Crippen molar-refractivity contribution < 1.29 is 0 Å². The molecule has 1 saturated heterocycles. The molecule has 0 radical (unpaired) electrons. The summed E-state index contributed by atoms with van der Waals surface area (Å²) in [6.07, 6.45) is 2.70. The van der Waals surface area contributed by atoms with Crippen LogP contribution < -0.4 is 0 Å². The lowest BCUT2D eigenvalue weighted by Gasteiger charge is -2.46. The van der Waals surface area contributed by atoms with Crippen LogP contribution in [0.25, 0.3) is 0 Å². The van der Waals surface area contributed by atoms with Gasteiger partial charge in [0.2, 0.25) is 0 Å². The third kappa shape index (κ3) is 3.21. The van der Waals surface area contributed by atoms with Crippen molar-refractivity contribution in [2.24, 2.45) is 16.7 Å². The largest absolute Gasteiger partial charge is 0.303 e.